The number of aliphatic hydroxyl groups excluding tert-OH is 6. The van der Waals surface area contributed by atoms with Gasteiger partial charge in [-0.1, -0.05) is 26.0 Å². The van der Waals surface area contributed by atoms with Crippen LogP contribution in [0.25, 0.3) is 0 Å². The summed E-state index contributed by atoms with van der Waals surface area (Å²) in [6, 6.07) is 0. The van der Waals surface area contributed by atoms with E-state index >= 15 is 0 Å². The smallest absolute Gasteiger partial charge is 0.186 e. The fourth-order valence-electron chi connectivity index (χ4n) is 8.78. The third-order valence-electron chi connectivity index (χ3n) is 10.9. The van der Waals surface area contributed by atoms with Crippen molar-refractivity contribution in [2.24, 2.45) is 28.6 Å². The van der Waals surface area contributed by atoms with E-state index in [4.69, 9.17) is 9.47 Å². The Hall–Kier alpha value is -0.660. The lowest BCUT2D eigenvalue weighted by molar-refractivity contribution is -0.321. The Kier molecular flexibility index (Phi) is 6.30. The highest BCUT2D eigenvalue weighted by Gasteiger charge is 2.72. The summed E-state index contributed by atoms with van der Waals surface area (Å²) in [6.45, 7) is 9.05. The third-order valence-corrected chi connectivity index (χ3v) is 10.9. The average molecular weight is 515 g/mol. The van der Waals surface area contributed by atoms with Crippen LogP contribution in [0.2, 0.25) is 0 Å². The van der Waals surface area contributed by atoms with Crippen LogP contribution in [-0.4, -0.2) is 108 Å². The molecule has 0 aromatic rings. The van der Waals surface area contributed by atoms with E-state index < -0.39 is 83.6 Å². The standard InChI is InChI=1S/C26H42O10/c1-11-12-5-6-13-21(32)25(12,10-24(13,4)33)8-16(28)26(34)14(11)7-17(23(26,2)3)36-22-20(31)19(30)18(29)15(9-27)35-22/h12-22,27-34H,1,5-10H2,2-4H3/t12-,13+,14-,15+,16+,17-,18+,19-,20+,21+,22-,24+,25-,26-/m0/s1. The molecule has 0 aromatic carbocycles. The first-order valence-electron chi connectivity index (χ1n) is 13.1. The minimum absolute atomic E-state index is 0.105. The monoisotopic (exact) mass is 514 g/mol. The molecule has 10 nitrogen and oxygen atoms in total. The van der Waals surface area contributed by atoms with Gasteiger partial charge < -0.3 is 50.3 Å². The largest absolute Gasteiger partial charge is 0.394 e. The van der Waals surface area contributed by atoms with Crippen molar-refractivity contribution in [2.45, 2.75) is 113 Å². The van der Waals surface area contributed by atoms with Gasteiger partial charge in [0.05, 0.1) is 30.5 Å². The van der Waals surface area contributed by atoms with E-state index in [0.717, 1.165) is 5.57 Å². The lowest BCUT2D eigenvalue weighted by atomic mass is 9.61. The van der Waals surface area contributed by atoms with Crippen molar-refractivity contribution >= 4 is 0 Å². The Morgan fingerprint density at radius 1 is 0.972 bits per heavy atom. The summed E-state index contributed by atoms with van der Waals surface area (Å²) in [5, 5.41) is 86.6. The molecule has 4 saturated carbocycles. The summed E-state index contributed by atoms with van der Waals surface area (Å²) in [4.78, 5) is 0. The Bertz CT molecular complexity index is 890. The summed E-state index contributed by atoms with van der Waals surface area (Å²) in [5.41, 5.74) is -3.89. The number of ether oxygens (including phenoxy) is 2. The highest BCUT2D eigenvalue weighted by Crippen LogP contribution is 2.69. The number of hydrogen-bond donors (Lipinski definition) is 8. The van der Waals surface area contributed by atoms with Gasteiger partial charge in [-0.15, -0.1) is 0 Å². The van der Waals surface area contributed by atoms with E-state index in [0.29, 0.717) is 19.3 Å². The van der Waals surface area contributed by atoms with Crippen molar-refractivity contribution in [3.8, 4) is 0 Å². The lowest BCUT2D eigenvalue weighted by Crippen LogP contribution is -2.61. The van der Waals surface area contributed by atoms with E-state index in [-0.39, 0.29) is 24.7 Å². The van der Waals surface area contributed by atoms with E-state index in [9.17, 15) is 40.9 Å². The molecule has 1 heterocycles. The predicted molar refractivity (Wildman–Crippen MR) is 125 cm³/mol. The van der Waals surface area contributed by atoms with Gasteiger partial charge in [0.1, 0.15) is 30.0 Å². The van der Waals surface area contributed by atoms with Crippen molar-refractivity contribution in [1.29, 1.82) is 0 Å². The Morgan fingerprint density at radius 2 is 1.64 bits per heavy atom. The number of fused-ring (bicyclic) bond motifs is 2. The number of hydrogen-bond acceptors (Lipinski definition) is 10. The van der Waals surface area contributed by atoms with Gasteiger partial charge in [0, 0.05) is 22.7 Å². The van der Waals surface area contributed by atoms with Gasteiger partial charge in [0.2, 0.25) is 0 Å². The summed E-state index contributed by atoms with van der Waals surface area (Å²) in [6.07, 6.45) is -7.99. The first kappa shape index (κ1) is 26.9. The van der Waals surface area contributed by atoms with Crippen LogP contribution in [0.5, 0.6) is 0 Å². The molecule has 8 N–H and O–H groups in total. The number of rotatable bonds is 3. The molecule has 0 radical (unpaired) electrons. The molecule has 5 aliphatic rings. The average Bonchev–Trinajstić information content (AvgIpc) is 3.02. The van der Waals surface area contributed by atoms with E-state index in [1.807, 2.05) is 0 Å². The zero-order chi connectivity index (χ0) is 26.6. The highest BCUT2D eigenvalue weighted by atomic mass is 16.7. The van der Waals surface area contributed by atoms with Crippen LogP contribution in [0.3, 0.4) is 0 Å². The zero-order valence-electron chi connectivity index (χ0n) is 21.2. The molecule has 1 spiro atoms. The van der Waals surface area contributed by atoms with Crippen molar-refractivity contribution in [3.05, 3.63) is 12.2 Å². The quantitative estimate of drug-likeness (QED) is 0.213. The predicted octanol–water partition coefficient (Wildman–Crippen LogP) is -1.20. The van der Waals surface area contributed by atoms with Gasteiger partial charge in [-0.2, -0.15) is 0 Å². The van der Waals surface area contributed by atoms with Gasteiger partial charge >= 0.3 is 0 Å². The summed E-state index contributed by atoms with van der Waals surface area (Å²) in [5.74, 6) is -1.08. The van der Waals surface area contributed by atoms with Crippen LogP contribution in [0, 0.1) is 28.6 Å². The Balaban J connectivity index is 1.46. The second-order valence-corrected chi connectivity index (χ2v) is 12.9. The SMILES string of the molecule is C=C1[C@@H]2CC[C@@H]3[C@@H](O)[C@@]2(C[C@@H](O)[C@@]2(O)[C@H]1C[C@H](O[C@@H]1O[C@H](CO)[C@@H](O)[C@H](O)[C@H]1O)C2(C)C)C[C@@]3(C)O. The van der Waals surface area contributed by atoms with Crippen LogP contribution in [0.1, 0.15) is 52.9 Å². The molecule has 2 bridgehead atoms. The van der Waals surface area contributed by atoms with Gasteiger partial charge in [0.15, 0.2) is 6.29 Å². The van der Waals surface area contributed by atoms with Gasteiger partial charge in [-0.3, -0.25) is 0 Å². The van der Waals surface area contributed by atoms with Crippen molar-refractivity contribution in [3.63, 3.8) is 0 Å². The maximum atomic E-state index is 12.2. The first-order valence-corrected chi connectivity index (χ1v) is 13.1. The van der Waals surface area contributed by atoms with E-state index in [1.54, 1.807) is 20.8 Å². The van der Waals surface area contributed by atoms with E-state index in [1.165, 1.54) is 0 Å². The van der Waals surface area contributed by atoms with Crippen LogP contribution in [0.4, 0.5) is 0 Å². The molecule has 0 unspecified atom stereocenters. The van der Waals surface area contributed by atoms with Crippen LogP contribution < -0.4 is 0 Å². The minimum atomic E-state index is -1.68. The lowest BCUT2D eigenvalue weighted by Gasteiger charge is -2.47. The molecular weight excluding hydrogens is 472 g/mol. The molecule has 4 aliphatic carbocycles. The molecule has 1 saturated heterocycles. The first-order chi connectivity index (χ1) is 16.6. The van der Waals surface area contributed by atoms with Gasteiger partial charge in [-0.05, 0) is 44.9 Å². The van der Waals surface area contributed by atoms with Crippen LogP contribution in [0.15, 0.2) is 12.2 Å². The van der Waals surface area contributed by atoms with Gasteiger partial charge in [-0.25, -0.2) is 0 Å². The molecule has 5 rings (SSSR count). The van der Waals surface area contributed by atoms with Crippen molar-refractivity contribution in [1.82, 2.24) is 0 Å². The third kappa shape index (κ3) is 3.33. The summed E-state index contributed by atoms with van der Waals surface area (Å²) < 4.78 is 11.7. The fourth-order valence-corrected chi connectivity index (χ4v) is 8.78. The van der Waals surface area contributed by atoms with E-state index in [2.05, 4.69) is 6.58 Å². The molecule has 10 heteroatoms. The Morgan fingerprint density at radius 3 is 2.28 bits per heavy atom. The van der Waals surface area contributed by atoms with Crippen LogP contribution in [-0.2, 0) is 9.47 Å². The fraction of sp³-hybridized carbons (Fsp3) is 0.923. The topological polar surface area (TPSA) is 180 Å². The molecular formula is C26H42O10. The Labute approximate surface area is 211 Å². The number of aliphatic hydroxyl groups is 8. The van der Waals surface area contributed by atoms with Crippen molar-refractivity contribution in [2.75, 3.05) is 6.61 Å². The highest BCUT2D eigenvalue weighted by molar-refractivity contribution is 5.32. The molecule has 14 atom stereocenters. The molecule has 1 aliphatic heterocycles. The second kappa shape index (κ2) is 8.42. The summed E-state index contributed by atoms with van der Waals surface area (Å²) >= 11 is 0. The zero-order valence-corrected chi connectivity index (χ0v) is 21.2. The molecule has 206 valence electrons. The normalized spacial score (nSPS) is 58.3. The maximum absolute atomic E-state index is 12.2. The summed E-state index contributed by atoms with van der Waals surface area (Å²) in [7, 11) is 0. The minimum Gasteiger partial charge on any atom is -0.394 e. The van der Waals surface area contributed by atoms with Crippen LogP contribution >= 0.6 is 0 Å². The molecule has 0 aromatic heterocycles. The molecule has 36 heavy (non-hydrogen) atoms. The maximum Gasteiger partial charge on any atom is 0.186 e. The molecule has 5 fully saturated rings. The van der Waals surface area contributed by atoms with Gasteiger partial charge in [0.25, 0.3) is 0 Å². The second-order valence-electron chi connectivity index (χ2n) is 12.9. The molecule has 0 amide bonds. The van der Waals surface area contributed by atoms with Crippen molar-refractivity contribution < 1.29 is 50.3 Å².